The molecule has 0 fully saturated rings. The number of para-hydroxylation sites is 1. The van der Waals surface area contributed by atoms with Crippen LogP contribution in [0.4, 0.5) is 0 Å². The topological polar surface area (TPSA) is 9.23 Å². The van der Waals surface area contributed by atoms with E-state index in [0.29, 0.717) is 0 Å². The highest BCUT2D eigenvalue weighted by Gasteiger charge is 2.37. The van der Waals surface area contributed by atoms with Gasteiger partial charge in [-0.1, -0.05) is 75.2 Å². The maximum atomic E-state index is 6.61. The summed E-state index contributed by atoms with van der Waals surface area (Å²) in [5.41, 5.74) is 0. The minimum Gasteiger partial charge on any atom is -0.539 e. The fourth-order valence-electron chi connectivity index (χ4n) is 2.84. The summed E-state index contributed by atoms with van der Waals surface area (Å²) in [6.07, 6.45) is 2.35. The second kappa shape index (κ2) is 7.30. The molecule has 2 aromatic carbocycles. The molecule has 0 amide bonds. The zero-order valence-corrected chi connectivity index (χ0v) is 13.5. The summed E-state index contributed by atoms with van der Waals surface area (Å²) in [6.45, 7) is 4.52. The van der Waals surface area contributed by atoms with Crippen molar-refractivity contribution in [2.75, 3.05) is 0 Å². The zero-order chi connectivity index (χ0) is 14.3. The highest BCUT2D eigenvalue weighted by Crippen LogP contribution is 2.24. The number of rotatable bonds is 7. The van der Waals surface area contributed by atoms with Crippen molar-refractivity contribution in [3.05, 3.63) is 60.7 Å². The summed E-state index contributed by atoms with van der Waals surface area (Å²) < 4.78 is 6.61. The van der Waals surface area contributed by atoms with Gasteiger partial charge < -0.3 is 4.43 Å². The third-order valence-corrected chi connectivity index (χ3v) is 8.29. The number of hydrogen-bond donors (Lipinski definition) is 0. The largest absolute Gasteiger partial charge is 0.539 e. The van der Waals surface area contributed by atoms with Gasteiger partial charge in [0, 0.05) is 0 Å². The molecule has 0 bridgehead atoms. The van der Waals surface area contributed by atoms with Crippen molar-refractivity contribution in [1.82, 2.24) is 0 Å². The normalized spacial score (nSPS) is 11.3. The molecule has 0 heterocycles. The smallest absolute Gasteiger partial charge is 0.282 e. The van der Waals surface area contributed by atoms with Gasteiger partial charge in [-0.05, 0) is 29.4 Å². The van der Waals surface area contributed by atoms with Crippen molar-refractivity contribution < 1.29 is 4.43 Å². The molecule has 0 unspecified atom stereocenters. The lowest BCUT2D eigenvalue weighted by atomic mass is 10.3. The van der Waals surface area contributed by atoms with Crippen LogP contribution >= 0.6 is 0 Å². The molecular formula is C18H24OSi. The molecule has 0 aromatic heterocycles. The predicted octanol–water partition coefficient (Wildman–Crippen LogP) is 4.74. The van der Waals surface area contributed by atoms with Crippen LogP contribution in [0.15, 0.2) is 60.7 Å². The Kier molecular flexibility index (Phi) is 5.42. The van der Waals surface area contributed by atoms with E-state index in [0.717, 1.165) is 5.75 Å². The molecule has 0 saturated carbocycles. The van der Waals surface area contributed by atoms with E-state index in [1.807, 2.05) is 6.07 Å². The van der Waals surface area contributed by atoms with Crippen molar-refractivity contribution in [2.45, 2.75) is 38.8 Å². The third-order valence-electron chi connectivity index (χ3n) is 3.66. The van der Waals surface area contributed by atoms with E-state index in [1.165, 1.54) is 30.1 Å². The van der Waals surface area contributed by atoms with E-state index in [1.54, 1.807) is 0 Å². The van der Waals surface area contributed by atoms with Crippen LogP contribution in [-0.4, -0.2) is 8.32 Å². The minimum atomic E-state index is -1.91. The SMILES string of the molecule is CCC[Si](CCC)(Oc1ccccc1)c1ccccc1. The fourth-order valence-corrected chi connectivity index (χ4v) is 6.99. The van der Waals surface area contributed by atoms with Gasteiger partial charge >= 0.3 is 0 Å². The lowest BCUT2D eigenvalue weighted by molar-refractivity contribution is 0.540. The van der Waals surface area contributed by atoms with E-state index in [4.69, 9.17) is 4.43 Å². The average molecular weight is 284 g/mol. The van der Waals surface area contributed by atoms with Crippen LogP contribution in [0.3, 0.4) is 0 Å². The molecule has 0 spiro atoms. The third kappa shape index (κ3) is 3.51. The highest BCUT2D eigenvalue weighted by atomic mass is 28.4. The molecule has 0 N–H and O–H groups in total. The first-order valence-electron chi connectivity index (χ1n) is 7.60. The van der Waals surface area contributed by atoms with Crippen LogP contribution in [0.5, 0.6) is 5.75 Å². The molecule has 20 heavy (non-hydrogen) atoms. The van der Waals surface area contributed by atoms with E-state index >= 15 is 0 Å². The van der Waals surface area contributed by atoms with Gasteiger partial charge in [0.25, 0.3) is 8.32 Å². The van der Waals surface area contributed by atoms with Crippen molar-refractivity contribution in [2.24, 2.45) is 0 Å². The van der Waals surface area contributed by atoms with Crippen LogP contribution in [-0.2, 0) is 0 Å². The van der Waals surface area contributed by atoms with Crippen LogP contribution < -0.4 is 9.61 Å². The molecule has 106 valence electrons. The summed E-state index contributed by atoms with van der Waals surface area (Å²) in [5, 5.41) is 1.42. The maximum absolute atomic E-state index is 6.61. The van der Waals surface area contributed by atoms with Gasteiger partial charge in [0.15, 0.2) is 0 Å². The van der Waals surface area contributed by atoms with Crippen molar-refractivity contribution in [1.29, 1.82) is 0 Å². The summed E-state index contributed by atoms with van der Waals surface area (Å²) in [4.78, 5) is 0. The van der Waals surface area contributed by atoms with E-state index < -0.39 is 8.32 Å². The standard InChI is InChI=1S/C18H24OSi/c1-3-15-20(16-4-2,18-13-9-6-10-14-18)19-17-11-7-5-8-12-17/h5-14H,3-4,15-16H2,1-2H3. The average Bonchev–Trinajstić information content (AvgIpc) is 2.49. The van der Waals surface area contributed by atoms with Gasteiger partial charge in [-0.25, -0.2) is 0 Å². The number of hydrogen-bond acceptors (Lipinski definition) is 1. The van der Waals surface area contributed by atoms with Crippen molar-refractivity contribution >= 4 is 13.5 Å². The van der Waals surface area contributed by atoms with Crippen LogP contribution in [0.25, 0.3) is 0 Å². The summed E-state index contributed by atoms with van der Waals surface area (Å²) in [5.74, 6) is 1.02. The first kappa shape index (κ1) is 14.9. The predicted molar refractivity (Wildman–Crippen MR) is 89.1 cm³/mol. The van der Waals surface area contributed by atoms with Crippen molar-refractivity contribution in [3.63, 3.8) is 0 Å². The molecule has 0 aliphatic carbocycles. The maximum Gasteiger partial charge on any atom is 0.282 e. The lowest BCUT2D eigenvalue weighted by Crippen LogP contribution is -2.53. The Bertz CT molecular complexity index is 489. The molecule has 0 atom stereocenters. The quantitative estimate of drug-likeness (QED) is 0.667. The van der Waals surface area contributed by atoms with E-state index in [2.05, 4.69) is 68.4 Å². The molecule has 0 aliphatic rings. The molecule has 1 nitrogen and oxygen atoms in total. The Morgan fingerprint density at radius 2 is 1.25 bits per heavy atom. The number of benzene rings is 2. The highest BCUT2D eigenvalue weighted by molar-refractivity contribution is 6.87. The van der Waals surface area contributed by atoms with Crippen molar-refractivity contribution in [3.8, 4) is 5.75 Å². The summed E-state index contributed by atoms with van der Waals surface area (Å²) in [7, 11) is -1.91. The Labute approximate surface area is 123 Å². The van der Waals surface area contributed by atoms with Gasteiger partial charge in [-0.2, -0.15) is 0 Å². The summed E-state index contributed by atoms with van der Waals surface area (Å²) in [6, 6.07) is 23.5. The first-order valence-corrected chi connectivity index (χ1v) is 9.92. The van der Waals surface area contributed by atoms with Gasteiger partial charge in [-0.3, -0.25) is 0 Å². The fraction of sp³-hybridized carbons (Fsp3) is 0.333. The van der Waals surface area contributed by atoms with E-state index in [-0.39, 0.29) is 0 Å². The molecule has 0 saturated heterocycles. The summed E-state index contributed by atoms with van der Waals surface area (Å²) >= 11 is 0. The molecule has 2 heteroatoms. The Balaban J connectivity index is 2.36. The van der Waals surface area contributed by atoms with Crippen LogP contribution in [0.1, 0.15) is 26.7 Å². The van der Waals surface area contributed by atoms with E-state index in [9.17, 15) is 0 Å². The first-order chi connectivity index (χ1) is 9.80. The molecular weight excluding hydrogens is 260 g/mol. The Hall–Kier alpha value is -1.54. The van der Waals surface area contributed by atoms with Crippen LogP contribution in [0, 0.1) is 0 Å². The van der Waals surface area contributed by atoms with Gasteiger partial charge in [0.05, 0.1) is 0 Å². The van der Waals surface area contributed by atoms with Crippen LogP contribution in [0.2, 0.25) is 12.1 Å². The monoisotopic (exact) mass is 284 g/mol. The molecule has 2 aromatic rings. The molecule has 2 rings (SSSR count). The molecule has 0 aliphatic heterocycles. The van der Waals surface area contributed by atoms with Gasteiger partial charge in [0.1, 0.15) is 5.75 Å². The second-order valence-electron chi connectivity index (χ2n) is 5.28. The van der Waals surface area contributed by atoms with Gasteiger partial charge in [0.2, 0.25) is 0 Å². The Morgan fingerprint density at radius 3 is 1.75 bits per heavy atom. The lowest BCUT2D eigenvalue weighted by Gasteiger charge is -2.32. The molecule has 0 radical (unpaired) electrons. The minimum absolute atomic E-state index is 1.02. The second-order valence-corrected chi connectivity index (χ2v) is 9.05. The zero-order valence-electron chi connectivity index (χ0n) is 12.5. The Morgan fingerprint density at radius 1 is 0.750 bits per heavy atom. The van der Waals surface area contributed by atoms with Gasteiger partial charge in [-0.15, -0.1) is 0 Å².